The van der Waals surface area contributed by atoms with E-state index in [1.165, 1.54) is 33.0 Å². The molecule has 5 nitrogen and oxygen atoms in total. The molecule has 0 spiro atoms. The Morgan fingerprint density at radius 1 is 0.311 bits per heavy atom. The van der Waals surface area contributed by atoms with Crippen molar-refractivity contribution in [2.24, 2.45) is 0 Å². The second-order valence-electron chi connectivity index (χ2n) is 16.1. The lowest BCUT2D eigenvalue weighted by molar-refractivity contribution is 0.661. The van der Waals surface area contributed by atoms with Gasteiger partial charge < -0.3 is 0 Å². The maximum atomic E-state index is 5.33. The third-order valence-corrected chi connectivity index (χ3v) is 11.9. The Kier molecular flexibility index (Phi) is 8.75. The molecule has 0 radical (unpaired) electrons. The Bertz CT molecular complexity index is 3210. The first-order chi connectivity index (χ1) is 30.0. The van der Waals surface area contributed by atoms with E-state index >= 15 is 0 Å². The van der Waals surface area contributed by atoms with Gasteiger partial charge in [0.2, 0.25) is 0 Å². The number of nitrogens with zero attached hydrogens (tertiary/aromatic N) is 5. The summed E-state index contributed by atoms with van der Waals surface area (Å²) in [5.41, 5.74) is 14.7. The van der Waals surface area contributed by atoms with Crippen LogP contribution in [-0.2, 0) is 5.41 Å². The first kappa shape index (κ1) is 36.2. The van der Waals surface area contributed by atoms with E-state index in [1.807, 2.05) is 78.9 Å². The summed E-state index contributed by atoms with van der Waals surface area (Å²) in [4.78, 5) is 25.5. The van der Waals surface area contributed by atoms with Crippen LogP contribution in [0.25, 0.3) is 101 Å². The molecule has 0 saturated heterocycles. The lowest BCUT2D eigenvalue weighted by Crippen LogP contribution is -2.14. The smallest absolute Gasteiger partial charge is 0.164 e. The van der Waals surface area contributed by atoms with Gasteiger partial charge in [-0.15, -0.1) is 0 Å². The quantitative estimate of drug-likeness (QED) is 0.161. The van der Waals surface area contributed by atoms with Gasteiger partial charge in [0.15, 0.2) is 23.3 Å². The summed E-state index contributed by atoms with van der Waals surface area (Å²) >= 11 is 0. The number of benzene rings is 8. The predicted molar refractivity (Wildman–Crippen MR) is 249 cm³/mol. The van der Waals surface area contributed by atoms with Crippen LogP contribution in [0.3, 0.4) is 0 Å². The molecule has 1 aliphatic carbocycles. The number of hydrogen-bond acceptors (Lipinski definition) is 5. The third kappa shape index (κ3) is 6.48. The number of aromatic nitrogens is 5. The largest absolute Gasteiger partial charge is 0.228 e. The van der Waals surface area contributed by atoms with Crippen LogP contribution in [0.1, 0.15) is 25.0 Å². The van der Waals surface area contributed by atoms with E-state index in [0.717, 1.165) is 55.9 Å². The minimum atomic E-state index is -0.167. The van der Waals surface area contributed by atoms with Gasteiger partial charge in [0, 0.05) is 38.8 Å². The maximum Gasteiger partial charge on any atom is 0.164 e. The molecule has 11 rings (SSSR count). The van der Waals surface area contributed by atoms with Crippen molar-refractivity contribution in [1.82, 2.24) is 24.9 Å². The van der Waals surface area contributed by atoms with Crippen molar-refractivity contribution in [2.45, 2.75) is 19.3 Å². The Morgan fingerprint density at radius 3 is 1.41 bits per heavy atom. The van der Waals surface area contributed by atoms with E-state index in [-0.39, 0.29) is 5.41 Å². The van der Waals surface area contributed by atoms with Crippen LogP contribution in [0.2, 0.25) is 0 Å². The first-order valence-corrected chi connectivity index (χ1v) is 20.7. The molecular weight excluding hydrogens is 743 g/mol. The minimum Gasteiger partial charge on any atom is -0.228 e. The predicted octanol–water partition coefficient (Wildman–Crippen LogP) is 13.8. The number of hydrogen-bond donors (Lipinski definition) is 0. The molecule has 0 amide bonds. The van der Waals surface area contributed by atoms with Crippen LogP contribution < -0.4 is 0 Å². The normalized spacial score (nSPS) is 12.6. The number of rotatable bonds is 7. The molecule has 0 fully saturated rings. The molecule has 8 aromatic carbocycles. The van der Waals surface area contributed by atoms with E-state index < -0.39 is 0 Å². The maximum absolute atomic E-state index is 5.33. The molecule has 0 saturated carbocycles. The van der Waals surface area contributed by atoms with Crippen LogP contribution in [-0.4, -0.2) is 24.9 Å². The van der Waals surface area contributed by atoms with Crippen molar-refractivity contribution in [2.75, 3.05) is 0 Å². The lowest BCUT2D eigenvalue weighted by atomic mass is 9.82. The summed E-state index contributed by atoms with van der Waals surface area (Å²) in [5, 5.41) is 2.49. The van der Waals surface area contributed by atoms with Crippen molar-refractivity contribution in [3.63, 3.8) is 0 Å². The molecule has 288 valence electrons. The van der Waals surface area contributed by atoms with Gasteiger partial charge in [0.1, 0.15) is 0 Å². The Balaban J connectivity index is 1.04. The van der Waals surface area contributed by atoms with E-state index in [1.54, 1.807) is 0 Å². The van der Waals surface area contributed by atoms with Crippen molar-refractivity contribution in [3.8, 4) is 90.3 Å². The fraction of sp³-hybridized carbons (Fsp3) is 0.0536. The van der Waals surface area contributed by atoms with Gasteiger partial charge in [0.25, 0.3) is 0 Å². The summed E-state index contributed by atoms with van der Waals surface area (Å²) in [7, 11) is 0. The second-order valence-corrected chi connectivity index (χ2v) is 16.1. The second kappa shape index (κ2) is 14.7. The molecule has 0 atom stereocenters. The molecule has 2 heterocycles. The summed E-state index contributed by atoms with van der Waals surface area (Å²) in [6, 6.07) is 69.6. The molecule has 5 heteroatoms. The van der Waals surface area contributed by atoms with E-state index in [9.17, 15) is 0 Å². The van der Waals surface area contributed by atoms with Crippen molar-refractivity contribution in [3.05, 3.63) is 211 Å². The zero-order valence-electron chi connectivity index (χ0n) is 33.8. The zero-order chi connectivity index (χ0) is 40.9. The standard InChI is InChI=1S/C56H39N5/c1-56(2)46-30-16-29-45(51(46)50-44-28-13-12-17-36(44)31-32-47(50)56)49-35-48(57-52(58-49)37-18-6-3-7-19-37)42-26-14-24-40(33-42)41-25-15-27-43(34-41)55-60-53(38-20-8-4-9-21-38)59-54(61-55)39-22-10-5-11-23-39/h3-35H,1-2H3. The Hall–Kier alpha value is -7.89. The van der Waals surface area contributed by atoms with Crippen LogP contribution >= 0.6 is 0 Å². The highest BCUT2D eigenvalue weighted by molar-refractivity contribution is 6.06. The highest BCUT2D eigenvalue weighted by Crippen LogP contribution is 2.54. The van der Waals surface area contributed by atoms with Crippen LogP contribution in [0.15, 0.2) is 200 Å². The lowest BCUT2D eigenvalue weighted by Gasteiger charge is -2.21. The SMILES string of the molecule is CC1(C)c2cccc(-c3cc(-c4cccc(-c5cccc(-c6nc(-c7ccccc7)nc(-c7ccccc7)n6)c5)c4)nc(-c4ccccc4)n3)c2-c2c1ccc1ccccc21. The summed E-state index contributed by atoms with van der Waals surface area (Å²) < 4.78 is 0. The topological polar surface area (TPSA) is 64.5 Å². The van der Waals surface area contributed by atoms with Gasteiger partial charge in [0.05, 0.1) is 11.4 Å². The molecule has 10 aromatic rings. The summed E-state index contributed by atoms with van der Waals surface area (Å²) in [6.45, 7) is 4.67. The highest BCUT2D eigenvalue weighted by Gasteiger charge is 2.38. The molecular formula is C56H39N5. The molecule has 0 bridgehead atoms. The average molecular weight is 782 g/mol. The first-order valence-electron chi connectivity index (χ1n) is 20.7. The summed E-state index contributed by atoms with van der Waals surface area (Å²) in [6.07, 6.45) is 0. The highest BCUT2D eigenvalue weighted by atomic mass is 15.0. The van der Waals surface area contributed by atoms with Gasteiger partial charge in [-0.3, -0.25) is 0 Å². The van der Waals surface area contributed by atoms with Gasteiger partial charge in [-0.05, 0) is 62.4 Å². The van der Waals surface area contributed by atoms with Crippen LogP contribution in [0.5, 0.6) is 0 Å². The van der Waals surface area contributed by atoms with Crippen molar-refractivity contribution in [1.29, 1.82) is 0 Å². The molecule has 61 heavy (non-hydrogen) atoms. The van der Waals surface area contributed by atoms with E-state index in [0.29, 0.717) is 23.3 Å². The Labute approximate surface area is 355 Å². The molecule has 0 N–H and O–H groups in total. The van der Waals surface area contributed by atoms with Crippen molar-refractivity contribution < 1.29 is 0 Å². The fourth-order valence-corrected chi connectivity index (χ4v) is 8.85. The van der Waals surface area contributed by atoms with Crippen LogP contribution in [0, 0.1) is 0 Å². The average Bonchev–Trinajstić information content (AvgIpc) is 3.58. The number of fused-ring (bicyclic) bond motifs is 5. The molecule has 0 unspecified atom stereocenters. The van der Waals surface area contributed by atoms with Crippen LogP contribution in [0.4, 0.5) is 0 Å². The van der Waals surface area contributed by atoms with Crippen molar-refractivity contribution >= 4 is 10.8 Å². The Morgan fingerprint density at radius 2 is 0.770 bits per heavy atom. The van der Waals surface area contributed by atoms with Gasteiger partial charge in [-0.1, -0.05) is 196 Å². The van der Waals surface area contributed by atoms with E-state index in [4.69, 9.17) is 24.9 Å². The summed E-state index contributed by atoms with van der Waals surface area (Å²) in [5.74, 6) is 2.57. The monoisotopic (exact) mass is 781 g/mol. The fourth-order valence-electron chi connectivity index (χ4n) is 8.85. The van der Waals surface area contributed by atoms with E-state index in [2.05, 4.69) is 135 Å². The molecule has 1 aliphatic rings. The van der Waals surface area contributed by atoms with Gasteiger partial charge in [-0.25, -0.2) is 24.9 Å². The van der Waals surface area contributed by atoms with Gasteiger partial charge >= 0.3 is 0 Å². The third-order valence-electron chi connectivity index (χ3n) is 11.9. The minimum absolute atomic E-state index is 0.167. The molecule has 0 aliphatic heterocycles. The zero-order valence-corrected chi connectivity index (χ0v) is 33.8. The van der Waals surface area contributed by atoms with Gasteiger partial charge in [-0.2, -0.15) is 0 Å². The molecule has 2 aromatic heterocycles.